The Hall–Kier alpha value is -0.860. The van der Waals surface area contributed by atoms with Crippen LogP contribution in [-0.2, 0) is 0 Å². The van der Waals surface area contributed by atoms with E-state index in [1.165, 1.54) is 0 Å². The molecule has 0 heterocycles. The number of rotatable bonds is 6. The summed E-state index contributed by atoms with van der Waals surface area (Å²) in [7, 11) is 0. The van der Waals surface area contributed by atoms with Crippen molar-refractivity contribution < 1.29 is 4.79 Å². The highest BCUT2D eigenvalue weighted by Crippen LogP contribution is 2.16. The van der Waals surface area contributed by atoms with Gasteiger partial charge in [-0.1, -0.05) is 37.6 Å². The smallest absolute Gasteiger partial charge is 0.178 e. The summed E-state index contributed by atoms with van der Waals surface area (Å²) in [5, 5.41) is 0.540. The minimum atomic E-state index is 0.0951. The van der Waals surface area contributed by atoms with Gasteiger partial charge < -0.3 is 0 Å². The van der Waals surface area contributed by atoms with Crippen LogP contribution >= 0.6 is 11.6 Å². The predicted molar refractivity (Wildman–Crippen MR) is 72.8 cm³/mol. The van der Waals surface area contributed by atoms with Crippen molar-refractivity contribution in [2.24, 2.45) is 0 Å². The van der Waals surface area contributed by atoms with Crippen molar-refractivity contribution in [2.45, 2.75) is 33.2 Å². The number of Topliss-reactive ketones (excluding diaryl/α,β-unsaturated/α-hetero) is 1. The van der Waals surface area contributed by atoms with E-state index in [0.717, 1.165) is 13.0 Å². The molecule has 1 atom stereocenters. The molecular formula is C14H20ClNO. The summed E-state index contributed by atoms with van der Waals surface area (Å²) in [4.78, 5) is 14.3. The van der Waals surface area contributed by atoms with Crippen LogP contribution in [0, 0.1) is 0 Å². The first kappa shape index (κ1) is 14.2. The molecule has 17 heavy (non-hydrogen) atoms. The fourth-order valence-corrected chi connectivity index (χ4v) is 2.04. The third kappa shape index (κ3) is 3.83. The molecular weight excluding hydrogens is 234 g/mol. The van der Waals surface area contributed by atoms with Crippen molar-refractivity contribution in [1.82, 2.24) is 4.90 Å². The number of hydrogen-bond acceptors (Lipinski definition) is 2. The van der Waals surface area contributed by atoms with Gasteiger partial charge in [0.05, 0.1) is 11.6 Å². The van der Waals surface area contributed by atoms with Crippen LogP contribution in [-0.4, -0.2) is 29.8 Å². The van der Waals surface area contributed by atoms with E-state index in [1.807, 2.05) is 12.1 Å². The van der Waals surface area contributed by atoms with Gasteiger partial charge in [0.15, 0.2) is 5.78 Å². The van der Waals surface area contributed by atoms with Gasteiger partial charge in [0.25, 0.3) is 0 Å². The Balaban J connectivity index is 2.75. The van der Waals surface area contributed by atoms with Gasteiger partial charge in [0.2, 0.25) is 0 Å². The average molecular weight is 254 g/mol. The zero-order chi connectivity index (χ0) is 12.8. The Morgan fingerprint density at radius 3 is 2.53 bits per heavy atom. The normalized spacial score (nSPS) is 12.8. The predicted octanol–water partition coefficient (Wildman–Crippen LogP) is 3.64. The Labute approximate surface area is 109 Å². The third-order valence-electron chi connectivity index (χ3n) is 3.14. The van der Waals surface area contributed by atoms with Gasteiger partial charge >= 0.3 is 0 Å². The van der Waals surface area contributed by atoms with Crippen molar-refractivity contribution in [2.75, 3.05) is 13.1 Å². The first-order chi connectivity index (χ1) is 8.10. The quantitative estimate of drug-likeness (QED) is 0.722. The van der Waals surface area contributed by atoms with E-state index in [0.29, 0.717) is 23.2 Å². The first-order valence-electron chi connectivity index (χ1n) is 6.11. The minimum absolute atomic E-state index is 0.0951. The molecule has 0 aliphatic heterocycles. The van der Waals surface area contributed by atoms with Crippen molar-refractivity contribution in [3.63, 3.8) is 0 Å². The van der Waals surface area contributed by atoms with E-state index in [2.05, 4.69) is 25.7 Å². The molecule has 94 valence electrons. The number of likely N-dealkylation sites (N-methyl/N-ethyl adjacent to an activating group) is 1. The van der Waals surface area contributed by atoms with Gasteiger partial charge in [0, 0.05) is 11.6 Å². The maximum Gasteiger partial charge on any atom is 0.178 e. The van der Waals surface area contributed by atoms with Gasteiger partial charge in [0.1, 0.15) is 0 Å². The van der Waals surface area contributed by atoms with Crippen LogP contribution in [0.3, 0.4) is 0 Å². The molecule has 0 bridgehead atoms. The average Bonchev–Trinajstić information content (AvgIpc) is 2.35. The molecule has 1 aromatic rings. The SMILES string of the molecule is CCC(C)N(CC)CC(=O)c1ccccc1Cl. The lowest BCUT2D eigenvalue weighted by Gasteiger charge is -2.26. The Morgan fingerprint density at radius 2 is 2.00 bits per heavy atom. The topological polar surface area (TPSA) is 20.3 Å². The number of carbonyl (C=O) groups excluding carboxylic acids is 1. The number of halogens is 1. The van der Waals surface area contributed by atoms with E-state index in [-0.39, 0.29) is 5.78 Å². The van der Waals surface area contributed by atoms with Crippen LogP contribution in [0.5, 0.6) is 0 Å². The summed E-state index contributed by atoms with van der Waals surface area (Å²) in [6.07, 6.45) is 1.05. The highest BCUT2D eigenvalue weighted by molar-refractivity contribution is 6.34. The van der Waals surface area contributed by atoms with E-state index in [9.17, 15) is 4.79 Å². The molecule has 0 aliphatic rings. The van der Waals surface area contributed by atoms with Crippen molar-refractivity contribution in [3.05, 3.63) is 34.9 Å². The highest BCUT2D eigenvalue weighted by Gasteiger charge is 2.16. The number of hydrogen-bond donors (Lipinski definition) is 0. The molecule has 0 spiro atoms. The molecule has 1 aromatic carbocycles. The molecule has 0 N–H and O–H groups in total. The van der Waals surface area contributed by atoms with E-state index < -0.39 is 0 Å². The summed E-state index contributed by atoms with van der Waals surface area (Å²) in [5.74, 6) is 0.0951. The maximum absolute atomic E-state index is 12.1. The van der Waals surface area contributed by atoms with Crippen molar-refractivity contribution >= 4 is 17.4 Å². The summed E-state index contributed by atoms with van der Waals surface area (Å²) in [6.45, 7) is 7.67. The molecule has 0 radical (unpaired) electrons. The van der Waals surface area contributed by atoms with Crippen molar-refractivity contribution in [1.29, 1.82) is 0 Å². The minimum Gasteiger partial charge on any atom is -0.293 e. The van der Waals surface area contributed by atoms with Gasteiger partial charge in [-0.3, -0.25) is 9.69 Å². The van der Waals surface area contributed by atoms with Crippen molar-refractivity contribution in [3.8, 4) is 0 Å². The summed E-state index contributed by atoms with van der Waals surface area (Å²) < 4.78 is 0. The van der Waals surface area contributed by atoms with E-state index in [1.54, 1.807) is 12.1 Å². The summed E-state index contributed by atoms with van der Waals surface area (Å²) in [5.41, 5.74) is 0.621. The zero-order valence-electron chi connectivity index (χ0n) is 10.7. The lowest BCUT2D eigenvalue weighted by atomic mass is 10.1. The third-order valence-corrected chi connectivity index (χ3v) is 3.47. The molecule has 2 nitrogen and oxygen atoms in total. The lowest BCUT2D eigenvalue weighted by Crippen LogP contribution is -2.36. The van der Waals surface area contributed by atoms with E-state index >= 15 is 0 Å². The van der Waals surface area contributed by atoms with Gasteiger partial charge in [-0.2, -0.15) is 0 Å². The van der Waals surface area contributed by atoms with E-state index in [4.69, 9.17) is 11.6 Å². The molecule has 1 unspecified atom stereocenters. The summed E-state index contributed by atoms with van der Waals surface area (Å²) >= 11 is 6.02. The highest BCUT2D eigenvalue weighted by atomic mass is 35.5. The number of benzene rings is 1. The van der Waals surface area contributed by atoms with Crippen LogP contribution in [0.2, 0.25) is 5.02 Å². The molecule has 3 heteroatoms. The van der Waals surface area contributed by atoms with Crippen LogP contribution in [0.1, 0.15) is 37.6 Å². The summed E-state index contributed by atoms with van der Waals surface area (Å²) in [6, 6.07) is 7.65. The molecule has 0 fully saturated rings. The van der Waals surface area contributed by atoms with Crippen LogP contribution in [0.25, 0.3) is 0 Å². The Kier molecular flexibility index (Phi) is 5.66. The fourth-order valence-electron chi connectivity index (χ4n) is 1.79. The Morgan fingerprint density at radius 1 is 1.35 bits per heavy atom. The molecule has 1 rings (SSSR count). The second-order valence-electron chi connectivity index (χ2n) is 4.22. The molecule has 0 aliphatic carbocycles. The molecule has 0 aromatic heterocycles. The first-order valence-corrected chi connectivity index (χ1v) is 6.49. The molecule has 0 saturated carbocycles. The Bertz CT molecular complexity index is 378. The lowest BCUT2D eigenvalue weighted by molar-refractivity contribution is 0.0903. The van der Waals surface area contributed by atoms with Crippen LogP contribution in [0.15, 0.2) is 24.3 Å². The standard InChI is InChI=1S/C14H20ClNO/c1-4-11(3)16(5-2)10-14(17)12-8-6-7-9-13(12)15/h6-9,11H,4-5,10H2,1-3H3. The number of carbonyl (C=O) groups is 1. The fraction of sp³-hybridized carbons (Fsp3) is 0.500. The molecule has 0 saturated heterocycles. The zero-order valence-corrected chi connectivity index (χ0v) is 11.5. The van der Waals surface area contributed by atoms with Crippen LogP contribution < -0.4 is 0 Å². The second kappa shape index (κ2) is 6.77. The molecule has 0 amide bonds. The van der Waals surface area contributed by atoms with Gasteiger partial charge in [-0.25, -0.2) is 0 Å². The van der Waals surface area contributed by atoms with Crippen LogP contribution in [0.4, 0.5) is 0 Å². The maximum atomic E-state index is 12.1. The van der Waals surface area contributed by atoms with Gasteiger partial charge in [-0.05, 0) is 32.0 Å². The number of ketones is 1. The number of nitrogens with zero attached hydrogens (tertiary/aromatic N) is 1. The second-order valence-corrected chi connectivity index (χ2v) is 4.63. The monoisotopic (exact) mass is 253 g/mol. The largest absolute Gasteiger partial charge is 0.293 e. The van der Waals surface area contributed by atoms with Gasteiger partial charge in [-0.15, -0.1) is 0 Å².